The Morgan fingerprint density at radius 3 is 2.50 bits per heavy atom. The maximum Gasteiger partial charge on any atom is 0.257 e. The van der Waals surface area contributed by atoms with Crippen molar-refractivity contribution in [2.75, 3.05) is 19.0 Å². The first kappa shape index (κ1) is 17.5. The molecule has 1 heterocycles. The van der Waals surface area contributed by atoms with Crippen LogP contribution in [0.25, 0.3) is 0 Å². The zero-order chi connectivity index (χ0) is 17.5. The summed E-state index contributed by atoms with van der Waals surface area (Å²) < 4.78 is 5.12. The van der Waals surface area contributed by atoms with Crippen LogP contribution in [0.4, 0.5) is 5.69 Å². The average Bonchev–Trinajstić information content (AvgIpc) is 2.59. The van der Waals surface area contributed by atoms with Crippen molar-refractivity contribution < 1.29 is 14.3 Å². The van der Waals surface area contributed by atoms with E-state index in [2.05, 4.69) is 15.6 Å². The monoisotopic (exact) mass is 327 g/mol. The lowest BCUT2D eigenvalue weighted by Crippen LogP contribution is -2.27. The second-order valence-electron chi connectivity index (χ2n) is 5.75. The molecule has 0 saturated heterocycles. The summed E-state index contributed by atoms with van der Waals surface area (Å²) in [4.78, 5) is 28.4. The molecule has 2 rings (SSSR count). The first-order valence-corrected chi connectivity index (χ1v) is 7.68. The van der Waals surface area contributed by atoms with Crippen LogP contribution in [0.1, 0.15) is 34.6 Å². The summed E-state index contributed by atoms with van der Waals surface area (Å²) in [5.41, 5.74) is 1.28. The van der Waals surface area contributed by atoms with Gasteiger partial charge in [-0.2, -0.15) is 0 Å². The van der Waals surface area contributed by atoms with Crippen molar-refractivity contribution in [2.45, 2.75) is 13.8 Å². The summed E-state index contributed by atoms with van der Waals surface area (Å²) in [5, 5.41) is 5.56. The average molecular weight is 327 g/mol. The molecule has 0 fully saturated rings. The van der Waals surface area contributed by atoms with Crippen molar-refractivity contribution in [3.8, 4) is 5.75 Å². The van der Waals surface area contributed by atoms with E-state index >= 15 is 0 Å². The van der Waals surface area contributed by atoms with E-state index in [1.54, 1.807) is 31.4 Å². The molecule has 0 bridgehead atoms. The van der Waals surface area contributed by atoms with Gasteiger partial charge in [0.05, 0.1) is 18.2 Å². The van der Waals surface area contributed by atoms with Gasteiger partial charge in [-0.05, 0) is 24.1 Å². The Hall–Kier alpha value is -2.89. The number of amides is 2. The molecule has 0 aliphatic carbocycles. The lowest BCUT2D eigenvalue weighted by atomic mass is 10.1. The van der Waals surface area contributed by atoms with Gasteiger partial charge in [0.25, 0.3) is 11.8 Å². The number of benzene rings is 1. The van der Waals surface area contributed by atoms with E-state index in [1.165, 1.54) is 18.5 Å². The number of hydrogen-bond acceptors (Lipinski definition) is 4. The van der Waals surface area contributed by atoms with E-state index < -0.39 is 0 Å². The highest BCUT2D eigenvalue weighted by Gasteiger charge is 2.12. The molecule has 126 valence electrons. The number of anilines is 1. The van der Waals surface area contributed by atoms with Gasteiger partial charge in [-0.1, -0.05) is 19.9 Å². The second kappa shape index (κ2) is 8.10. The van der Waals surface area contributed by atoms with Crippen molar-refractivity contribution in [1.29, 1.82) is 0 Å². The quantitative estimate of drug-likeness (QED) is 0.855. The summed E-state index contributed by atoms with van der Waals surface area (Å²) in [5.74, 6) is 0.413. The highest BCUT2D eigenvalue weighted by atomic mass is 16.5. The number of rotatable bonds is 6. The summed E-state index contributed by atoms with van der Waals surface area (Å²) >= 11 is 0. The normalized spacial score (nSPS) is 10.3. The van der Waals surface area contributed by atoms with Crippen molar-refractivity contribution in [1.82, 2.24) is 10.3 Å². The van der Waals surface area contributed by atoms with Gasteiger partial charge in [0, 0.05) is 30.7 Å². The lowest BCUT2D eigenvalue weighted by Gasteiger charge is -2.09. The number of nitrogens with one attached hydrogen (secondary N) is 2. The molecule has 1 aromatic heterocycles. The highest BCUT2D eigenvalue weighted by molar-refractivity contribution is 6.05. The molecule has 2 aromatic rings. The molecule has 6 nitrogen and oxygen atoms in total. The molecule has 0 unspecified atom stereocenters. The number of nitrogens with zero attached hydrogens (tertiary/aromatic N) is 1. The van der Waals surface area contributed by atoms with Crippen LogP contribution < -0.4 is 15.4 Å². The minimum Gasteiger partial charge on any atom is -0.497 e. The molecule has 0 radical (unpaired) electrons. The van der Waals surface area contributed by atoms with Gasteiger partial charge in [0.1, 0.15) is 5.75 Å². The predicted octanol–water partition coefficient (Wildman–Crippen LogP) is 2.73. The summed E-state index contributed by atoms with van der Waals surface area (Å²) in [6.45, 7) is 4.59. The minimum absolute atomic E-state index is 0.243. The zero-order valence-corrected chi connectivity index (χ0v) is 14.0. The number of ether oxygens (including phenoxy) is 1. The Kier molecular flexibility index (Phi) is 5.89. The topological polar surface area (TPSA) is 80.3 Å². The molecule has 1 aromatic carbocycles. The van der Waals surface area contributed by atoms with E-state index in [-0.39, 0.29) is 11.8 Å². The third-order valence-corrected chi connectivity index (χ3v) is 3.26. The van der Waals surface area contributed by atoms with Crippen LogP contribution in [-0.2, 0) is 0 Å². The highest BCUT2D eigenvalue weighted by Crippen LogP contribution is 2.17. The fourth-order valence-electron chi connectivity index (χ4n) is 1.99. The molecule has 0 aliphatic heterocycles. The number of hydrogen-bond donors (Lipinski definition) is 2. The molecule has 0 atom stereocenters. The number of methoxy groups -OCH3 is 1. The van der Waals surface area contributed by atoms with Crippen LogP contribution in [0.5, 0.6) is 5.75 Å². The van der Waals surface area contributed by atoms with Crippen molar-refractivity contribution >= 4 is 17.5 Å². The van der Waals surface area contributed by atoms with Crippen LogP contribution in [0.3, 0.4) is 0 Å². The molecular weight excluding hydrogens is 306 g/mol. The Morgan fingerprint density at radius 1 is 1.12 bits per heavy atom. The predicted molar refractivity (Wildman–Crippen MR) is 92.4 cm³/mol. The first-order valence-electron chi connectivity index (χ1n) is 7.68. The third-order valence-electron chi connectivity index (χ3n) is 3.26. The second-order valence-corrected chi connectivity index (χ2v) is 5.75. The van der Waals surface area contributed by atoms with Crippen LogP contribution >= 0.6 is 0 Å². The summed E-state index contributed by atoms with van der Waals surface area (Å²) in [7, 11) is 1.56. The molecule has 24 heavy (non-hydrogen) atoms. The van der Waals surface area contributed by atoms with Gasteiger partial charge in [0.15, 0.2) is 0 Å². The van der Waals surface area contributed by atoms with Crippen LogP contribution in [0.15, 0.2) is 42.7 Å². The molecular formula is C18H21N3O3. The Labute approximate surface area is 141 Å². The Balaban J connectivity index is 2.09. The van der Waals surface area contributed by atoms with Crippen molar-refractivity contribution in [3.63, 3.8) is 0 Å². The van der Waals surface area contributed by atoms with Crippen LogP contribution in [0.2, 0.25) is 0 Å². The zero-order valence-electron chi connectivity index (χ0n) is 14.0. The SMILES string of the molecule is COc1cccc(NC(=O)c2cncc(C(=O)NCC(C)C)c2)c1. The molecule has 0 saturated carbocycles. The standard InChI is InChI=1S/C18H21N3O3/c1-12(2)9-20-17(22)13-7-14(11-19-10-13)18(23)21-15-5-4-6-16(8-15)24-3/h4-8,10-12H,9H2,1-3H3,(H,20,22)(H,21,23). The van der Waals surface area contributed by atoms with Gasteiger partial charge >= 0.3 is 0 Å². The molecule has 6 heteroatoms. The van der Waals surface area contributed by atoms with E-state index in [1.807, 2.05) is 13.8 Å². The smallest absolute Gasteiger partial charge is 0.257 e. The van der Waals surface area contributed by atoms with Gasteiger partial charge in [-0.15, -0.1) is 0 Å². The molecule has 0 spiro atoms. The molecule has 2 N–H and O–H groups in total. The van der Waals surface area contributed by atoms with E-state index in [9.17, 15) is 9.59 Å². The van der Waals surface area contributed by atoms with Gasteiger partial charge in [-0.25, -0.2) is 0 Å². The fourth-order valence-corrected chi connectivity index (χ4v) is 1.99. The number of pyridine rings is 1. The third kappa shape index (κ3) is 4.81. The number of aromatic nitrogens is 1. The van der Waals surface area contributed by atoms with Crippen LogP contribution in [-0.4, -0.2) is 30.5 Å². The maximum absolute atomic E-state index is 12.3. The first-order chi connectivity index (χ1) is 11.5. The maximum atomic E-state index is 12.3. The minimum atomic E-state index is -0.339. The largest absolute Gasteiger partial charge is 0.497 e. The van der Waals surface area contributed by atoms with E-state index in [0.717, 1.165) is 0 Å². The van der Waals surface area contributed by atoms with Crippen molar-refractivity contribution in [2.24, 2.45) is 5.92 Å². The number of carbonyl (C=O) groups excluding carboxylic acids is 2. The van der Waals surface area contributed by atoms with E-state index in [0.29, 0.717) is 35.0 Å². The van der Waals surface area contributed by atoms with Gasteiger partial charge in [-0.3, -0.25) is 14.6 Å². The molecule has 2 amide bonds. The number of carbonyl (C=O) groups is 2. The van der Waals surface area contributed by atoms with Gasteiger partial charge in [0.2, 0.25) is 0 Å². The lowest BCUT2D eigenvalue weighted by molar-refractivity contribution is 0.0948. The van der Waals surface area contributed by atoms with Gasteiger partial charge < -0.3 is 15.4 Å². The van der Waals surface area contributed by atoms with E-state index in [4.69, 9.17) is 4.74 Å². The summed E-state index contributed by atoms with van der Waals surface area (Å²) in [6, 6.07) is 8.56. The van der Waals surface area contributed by atoms with Crippen LogP contribution in [0, 0.1) is 5.92 Å². The molecule has 0 aliphatic rings. The fraction of sp³-hybridized carbons (Fsp3) is 0.278. The Bertz CT molecular complexity index is 729. The van der Waals surface area contributed by atoms with Crippen molar-refractivity contribution in [3.05, 3.63) is 53.9 Å². The summed E-state index contributed by atoms with van der Waals surface area (Å²) in [6.07, 6.45) is 2.87. The Morgan fingerprint density at radius 2 is 1.83 bits per heavy atom.